The molecule has 0 spiro atoms. The number of piperidine rings is 1. The van der Waals surface area contributed by atoms with E-state index in [1.807, 2.05) is 26.1 Å². The molecule has 1 aliphatic heterocycles. The summed E-state index contributed by atoms with van der Waals surface area (Å²) in [6.07, 6.45) is 1.43. The average Bonchev–Trinajstić information content (AvgIpc) is 2.55. The fourth-order valence-corrected chi connectivity index (χ4v) is 3.07. The van der Waals surface area contributed by atoms with E-state index in [-0.39, 0.29) is 5.91 Å². The Bertz CT molecular complexity index is 525. The van der Waals surface area contributed by atoms with Crippen LogP contribution >= 0.6 is 0 Å². The van der Waals surface area contributed by atoms with Gasteiger partial charge in [0.05, 0.1) is 7.11 Å². The fourth-order valence-electron chi connectivity index (χ4n) is 3.07. The molecule has 0 aliphatic carbocycles. The van der Waals surface area contributed by atoms with Crippen LogP contribution in [0.1, 0.15) is 24.0 Å². The number of hydrogen-bond acceptors (Lipinski definition) is 4. The third-order valence-electron chi connectivity index (χ3n) is 4.42. The summed E-state index contributed by atoms with van der Waals surface area (Å²) >= 11 is 0. The number of carbonyl (C=O) groups excluding carboxylic acids is 1. The maximum absolute atomic E-state index is 12.8. The second-order valence-corrected chi connectivity index (χ2v) is 5.91. The number of rotatable bonds is 5. The molecule has 1 aliphatic rings. The predicted molar refractivity (Wildman–Crippen MR) is 86.0 cm³/mol. The number of methoxy groups -OCH3 is 2. The molecule has 2 rings (SSSR count). The van der Waals surface area contributed by atoms with E-state index in [1.54, 1.807) is 19.1 Å². The molecule has 1 heterocycles. The maximum Gasteiger partial charge on any atom is 0.254 e. The Balaban J connectivity index is 2.09. The lowest BCUT2D eigenvalue weighted by molar-refractivity contribution is -0.157. The lowest BCUT2D eigenvalue weighted by Crippen LogP contribution is -2.54. The molecule has 22 heavy (non-hydrogen) atoms. The number of hydrogen-bond donors (Lipinski definition) is 1. The number of nitrogens with zero attached hydrogens (tertiary/aromatic N) is 1. The molecule has 1 aromatic carbocycles. The van der Waals surface area contributed by atoms with Gasteiger partial charge in [0.1, 0.15) is 11.4 Å². The smallest absolute Gasteiger partial charge is 0.254 e. The second-order valence-electron chi connectivity index (χ2n) is 5.91. The first-order chi connectivity index (χ1) is 10.5. The van der Waals surface area contributed by atoms with E-state index in [4.69, 9.17) is 9.47 Å². The van der Waals surface area contributed by atoms with Gasteiger partial charge in [0, 0.05) is 20.7 Å². The topological polar surface area (TPSA) is 50.8 Å². The maximum atomic E-state index is 12.8. The molecule has 0 saturated carbocycles. The lowest BCUT2D eigenvalue weighted by Gasteiger charge is -2.37. The Morgan fingerprint density at radius 2 is 2.00 bits per heavy atom. The normalized spacial score (nSPS) is 17.1. The minimum Gasteiger partial charge on any atom is -0.496 e. The Kier molecular flexibility index (Phi) is 5.42. The van der Waals surface area contributed by atoms with Gasteiger partial charge in [0.15, 0.2) is 0 Å². The molecule has 5 heteroatoms. The number of ether oxygens (including phenoxy) is 2. The molecule has 0 atom stereocenters. The zero-order valence-corrected chi connectivity index (χ0v) is 13.9. The molecule has 0 unspecified atom stereocenters. The first-order valence-corrected chi connectivity index (χ1v) is 7.67. The first kappa shape index (κ1) is 16.8. The minimum absolute atomic E-state index is 0.0602. The van der Waals surface area contributed by atoms with Crippen LogP contribution in [0, 0.1) is 6.92 Å². The van der Waals surface area contributed by atoms with Crippen molar-refractivity contribution in [3.05, 3.63) is 29.3 Å². The number of amides is 1. The molecular formula is C17H26N2O3. The Labute approximate surface area is 132 Å². The summed E-state index contributed by atoms with van der Waals surface area (Å²) in [5, 5.41) is 3.27. The van der Waals surface area contributed by atoms with Gasteiger partial charge in [-0.3, -0.25) is 4.79 Å². The lowest BCUT2D eigenvalue weighted by atomic mass is 9.90. The van der Waals surface area contributed by atoms with E-state index in [0.29, 0.717) is 19.4 Å². The highest BCUT2D eigenvalue weighted by Crippen LogP contribution is 2.26. The molecule has 1 aromatic rings. The molecule has 0 bridgehead atoms. The van der Waals surface area contributed by atoms with E-state index in [0.717, 1.165) is 30.0 Å². The Morgan fingerprint density at radius 3 is 2.55 bits per heavy atom. The summed E-state index contributed by atoms with van der Waals surface area (Å²) in [5.41, 5.74) is 1.49. The van der Waals surface area contributed by atoms with Crippen molar-refractivity contribution in [3.8, 4) is 5.75 Å². The van der Waals surface area contributed by atoms with Crippen LogP contribution in [0.4, 0.5) is 0 Å². The number of likely N-dealkylation sites (N-methyl/N-ethyl adjacent to an activating group) is 1. The molecule has 122 valence electrons. The van der Waals surface area contributed by atoms with Crippen LogP contribution < -0.4 is 10.1 Å². The minimum atomic E-state index is -0.679. The SMILES string of the molecule is COc1ccc(CN(C)C(=O)C2(OC)CCNCC2)cc1C. The highest BCUT2D eigenvalue weighted by Gasteiger charge is 2.41. The van der Waals surface area contributed by atoms with E-state index >= 15 is 0 Å². The standard InChI is InChI=1S/C17H26N2O3/c1-13-11-14(5-6-15(13)21-3)12-19(2)16(20)17(22-4)7-9-18-10-8-17/h5-6,11,18H,7-10,12H2,1-4H3. The molecule has 1 saturated heterocycles. The third kappa shape index (κ3) is 3.42. The fraction of sp³-hybridized carbons (Fsp3) is 0.588. The van der Waals surface area contributed by atoms with E-state index < -0.39 is 5.60 Å². The summed E-state index contributed by atoms with van der Waals surface area (Å²) in [6.45, 7) is 4.21. The molecule has 0 radical (unpaired) electrons. The number of nitrogens with one attached hydrogen (secondary N) is 1. The molecular weight excluding hydrogens is 280 g/mol. The highest BCUT2D eigenvalue weighted by molar-refractivity contribution is 5.85. The largest absolute Gasteiger partial charge is 0.496 e. The average molecular weight is 306 g/mol. The molecule has 0 aromatic heterocycles. The second kappa shape index (κ2) is 7.11. The van der Waals surface area contributed by atoms with Crippen molar-refractivity contribution in [1.82, 2.24) is 10.2 Å². The van der Waals surface area contributed by atoms with E-state index in [9.17, 15) is 4.79 Å². The van der Waals surface area contributed by atoms with Crippen molar-refractivity contribution in [3.63, 3.8) is 0 Å². The van der Waals surface area contributed by atoms with E-state index in [2.05, 4.69) is 11.4 Å². The van der Waals surface area contributed by atoms with Gasteiger partial charge in [0.25, 0.3) is 5.91 Å². The zero-order valence-electron chi connectivity index (χ0n) is 13.9. The number of carbonyl (C=O) groups is 1. The van der Waals surface area contributed by atoms with Gasteiger partial charge < -0.3 is 19.7 Å². The summed E-state index contributed by atoms with van der Waals surface area (Å²) in [6, 6.07) is 6.00. The Hall–Kier alpha value is -1.59. The van der Waals surface area contributed by atoms with Crippen molar-refractivity contribution in [1.29, 1.82) is 0 Å². The summed E-state index contributed by atoms with van der Waals surface area (Å²) in [4.78, 5) is 14.6. The van der Waals surface area contributed by atoms with Crippen LogP contribution in [0.25, 0.3) is 0 Å². The van der Waals surface area contributed by atoms with Crippen molar-refractivity contribution in [2.75, 3.05) is 34.4 Å². The molecule has 1 N–H and O–H groups in total. The van der Waals surface area contributed by atoms with Crippen LogP contribution in [-0.2, 0) is 16.1 Å². The van der Waals surface area contributed by atoms with Gasteiger partial charge in [-0.1, -0.05) is 12.1 Å². The summed E-state index contributed by atoms with van der Waals surface area (Å²) < 4.78 is 10.9. The Morgan fingerprint density at radius 1 is 1.32 bits per heavy atom. The van der Waals surface area contributed by atoms with Gasteiger partial charge in [-0.15, -0.1) is 0 Å². The van der Waals surface area contributed by atoms with Crippen molar-refractivity contribution in [2.24, 2.45) is 0 Å². The van der Waals surface area contributed by atoms with Crippen LogP contribution in [-0.4, -0.2) is 50.8 Å². The van der Waals surface area contributed by atoms with Crippen molar-refractivity contribution < 1.29 is 14.3 Å². The zero-order chi connectivity index (χ0) is 16.2. The van der Waals surface area contributed by atoms with Crippen LogP contribution in [0.3, 0.4) is 0 Å². The highest BCUT2D eigenvalue weighted by atomic mass is 16.5. The molecule has 1 amide bonds. The van der Waals surface area contributed by atoms with Crippen molar-refractivity contribution in [2.45, 2.75) is 31.9 Å². The van der Waals surface area contributed by atoms with Crippen LogP contribution in [0.2, 0.25) is 0 Å². The quantitative estimate of drug-likeness (QED) is 0.900. The van der Waals surface area contributed by atoms with Crippen LogP contribution in [0.5, 0.6) is 5.75 Å². The summed E-state index contributed by atoms with van der Waals surface area (Å²) in [5.74, 6) is 0.925. The number of aryl methyl sites for hydroxylation is 1. The van der Waals surface area contributed by atoms with Gasteiger partial charge in [-0.05, 0) is 50.0 Å². The van der Waals surface area contributed by atoms with Gasteiger partial charge >= 0.3 is 0 Å². The molecule has 1 fully saturated rings. The molecule has 5 nitrogen and oxygen atoms in total. The summed E-state index contributed by atoms with van der Waals surface area (Å²) in [7, 11) is 5.14. The third-order valence-corrected chi connectivity index (χ3v) is 4.42. The first-order valence-electron chi connectivity index (χ1n) is 7.67. The van der Waals surface area contributed by atoms with Crippen LogP contribution in [0.15, 0.2) is 18.2 Å². The predicted octanol–water partition coefficient (Wildman–Crippen LogP) is 1.73. The van der Waals surface area contributed by atoms with Gasteiger partial charge in [-0.25, -0.2) is 0 Å². The van der Waals surface area contributed by atoms with E-state index in [1.165, 1.54) is 0 Å². The van der Waals surface area contributed by atoms with Gasteiger partial charge in [-0.2, -0.15) is 0 Å². The van der Waals surface area contributed by atoms with Gasteiger partial charge in [0.2, 0.25) is 0 Å². The monoisotopic (exact) mass is 306 g/mol. The van der Waals surface area contributed by atoms with Crippen molar-refractivity contribution >= 4 is 5.91 Å². The number of benzene rings is 1.